The highest BCUT2D eigenvalue weighted by Gasteiger charge is 2.47. The Labute approximate surface area is 183 Å². The number of nitrogens with zero attached hydrogens (tertiary/aromatic N) is 3. The van der Waals surface area contributed by atoms with Crippen molar-refractivity contribution < 1.29 is 14.3 Å². The lowest BCUT2D eigenvalue weighted by Gasteiger charge is -2.52. The van der Waals surface area contributed by atoms with E-state index < -0.39 is 0 Å². The lowest BCUT2D eigenvalue weighted by Crippen LogP contribution is -2.59. The first-order chi connectivity index (χ1) is 14.4. The molecular weight excluding hydrogens is 380 g/mol. The van der Waals surface area contributed by atoms with Crippen LogP contribution in [0.4, 0.5) is 0 Å². The summed E-state index contributed by atoms with van der Waals surface area (Å²) in [5, 5.41) is 2.95. The van der Waals surface area contributed by atoms with Gasteiger partial charge in [0, 0.05) is 71.1 Å². The molecule has 1 unspecified atom stereocenters. The fraction of sp³-hybridized carbons (Fsp3) is 0.913. The fourth-order valence-corrected chi connectivity index (χ4v) is 4.52. The highest BCUT2D eigenvalue weighted by molar-refractivity contribution is 5.77. The number of rotatable bonds is 7. The molecule has 0 aromatic rings. The lowest BCUT2D eigenvalue weighted by molar-refractivity contribution is -0.222. The maximum atomic E-state index is 12.6. The molecule has 2 amide bonds. The standard InChI is InChI=1S/C21H38N4O3.C2H6/c1-4-23-11-13-24(14-12-23)8-5-19(26)25-9-6-21(7-10-25)15-18(28-21)16-22-20(27)17(2)3;1-2/h17-18H,4-16H2,1-3H3,(H,22,27);1-2H3. The van der Waals surface area contributed by atoms with E-state index >= 15 is 0 Å². The van der Waals surface area contributed by atoms with Gasteiger partial charge in [-0.2, -0.15) is 0 Å². The van der Waals surface area contributed by atoms with Gasteiger partial charge in [-0.1, -0.05) is 34.6 Å². The molecule has 30 heavy (non-hydrogen) atoms. The van der Waals surface area contributed by atoms with Crippen molar-refractivity contribution in [3.63, 3.8) is 0 Å². The molecule has 0 aliphatic carbocycles. The van der Waals surface area contributed by atoms with Gasteiger partial charge in [0.25, 0.3) is 0 Å². The molecule has 7 heteroatoms. The van der Waals surface area contributed by atoms with Crippen LogP contribution in [-0.4, -0.2) is 97.1 Å². The fourth-order valence-electron chi connectivity index (χ4n) is 4.52. The van der Waals surface area contributed by atoms with Gasteiger partial charge in [0.05, 0.1) is 11.7 Å². The summed E-state index contributed by atoms with van der Waals surface area (Å²) in [5.41, 5.74) is -0.0551. The zero-order valence-electron chi connectivity index (χ0n) is 19.9. The zero-order chi connectivity index (χ0) is 22.1. The molecule has 0 bridgehead atoms. The molecule has 3 fully saturated rings. The van der Waals surface area contributed by atoms with Gasteiger partial charge in [-0.25, -0.2) is 0 Å². The summed E-state index contributed by atoms with van der Waals surface area (Å²) in [7, 11) is 0. The van der Waals surface area contributed by atoms with E-state index in [1.165, 1.54) is 0 Å². The van der Waals surface area contributed by atoms with E-state index in [0.717, 1.165) is 71.6 Å². The zero-order valence-corrected chi connectivity index (χ0v) is 19.9. The molecule has 0 saturated carbocycles. The predicted octanol–water partition coefficient (Wildman–Crippen LogP) is 1.96. The van der Waals surface area contributed by atoms with Crippen LogP contribution >= 0.6 is 0 Å². The Hall–Kier alpha value is -1.18. The number of piperazine rings is 1. The van der Waals surface area contributed by atoms with E-state index in [-0.39, 0.29) is 29.4 Å². The van der Waals surface area contributed by atoms with Crippen LogP contribution in [0.15, 0.2) is 0 Å². The SMILES string of the molecule is CC.CCN1CCN(CCC(=O)N2CCC3(CC2)CC(CNC(=O)C(C)C)O3)CC1. The molecule has 0 radical (unpaired) electrons. The number of carbonyl (C=O) groups is 2. The van der Waals surface area contributed by atoms with Crippen LogP contribution in [0, 0.1) is 5.92 Å². The number of amides is 2. The number of piperidine rings is 1. The third-order valence-electron chi connectivity index (χ3n) is 6.63. The minimum atomic E-state index is -0.0551. The summed E-state index contributed by atoms with van der Waals surface area (Å²) < 4.78 is 6.14. The van der Waals surface area contributed by atoms with Gasteiger partial charge >= 0.3 is 0 Å². The van der Waals surface area contributed by atoms with Gasteiger partial charge in [0.1, 0.15) is 0 Å². The van der Waals surface area contributed by atoms with Gasteiger partial charge in [-0.3, -0.25) is 9.59 Å². The van der Waals surface area contributed by atoms with Gasteiger partial charge in [0.15, 0.2) is 0 Å². The van der Waals surface area contributed by atoms with E-state index in [4.69, 9.17) is 4.74 Å². The Balaban J connectivity index is 0.00000155. The maximum absolute atomic E-state index is 12.6. The van der Waals surface area contributed by atoms with Crippen molar-refractivity contribution in [2.45, 2.75) is 72.0 Å². The molecular formula is C23H44N4O3. The number of carbonyl (C=O) groups excluding carboxylic acids is 2. The highest BCUT2D eigenvalue weighted by atomic mass is 16.5. The van der Waals surface area contributed by atoms with Crippen molar-refractivity contribution in [2.24, 2.45) is 5.92 Å². The van der Waals surface area contributed by atoms with Crippen LogP contribution in [0.3, 0.4) is 0 Å². The van der Waals surface area contributed by atoms with Crippen LogP contribution in [0.2, 0.25) is 0 Å². The second-order valence-electron chi connectivity index (χ2n) is 8.93. The van der Waals surface area contributed by atoms with Crippen molar-refractivity contribution in [1.29, 1.82) is 0 Å². The quantitative estimate of drug-likeness (QED) is 0.677. The monoisotopic (exact) mass is 424 g/mol. The van der Waals surface area contributed by atoms with Gasteiger partial charge < -0.3 is 24.8 Å². The van der Waals surface area contributed by atoms with Gasteiger partial charge in [0.2, 0.25) is 11.8 Å². The smallest absolute Gasteiger partial charge is 0.223 e. The second-order valence-corrected chi connectivity index (χ2v) is 8.93. The number of hydrogen-bond acceptors (Lipinski definition) is 5. The van der Waals surface area contributed by atoms with E-state index in [1.54, 1.807) is 0 Å². The summed E-state index contributed by atoms with van der Waals surface area (Å²) in [6, 6.07) is 0. The second kappa shape index (κ2) is 12.0. The van der Waals surface area contributed by atoms with Crippen molar-refractivity contribution >= 4 is 11.8 Å². The normalized spacial score (nSPS) is 24.2. The molecule has 1 N–H and O–H groups in total. The van der Waals surface area contributed by atoms with E-state index in [0.29, 0.717) is 13.0 Å². The summed E-state index contributed by atoms with van der Waals surface area (Å²) in [4.78, 5) is 31.1. The summed E-state index contributed by atoms with van der Waals surface area (Å²) in [6.45, 7) is 18.6. The third-order valence-corrected chi connectivity index (χ3v) is 6.63. The van der Waals surface area contributed by atoms with Crippen LogP contribution in [0.25, 0.3) is 0 Å². The summed E-state index contributed by atoms with van der Waals surface area (Å²) in [5.74, 6) is 0.382. The van der Waals surface area contributed by atoms with Gasteiger partial charge in [-0.15, -0.1) is 0 Å². The molecule has 3 aliphatic rings. The maximum Gasteiger partial charge on any atom is 0.223 e. The Kier molecular flexibility index (Phi) is 10.0. The average molecular weight is 425 g/mol. The minimum absolute atomic E-state index is 0.0128. The van der Waals surface area contributed by atoms with Crippen LogP contribution in [0.1, 0.15) is 60.3 Å². The third kappa shape index (κ3) is 6.92. The highest BCUT2D eigenvalue weighted by Crippen LogP contribution is 2.41. The van der Waals surface area contributed by atoms with Crippen LogP contribution in [-0.2, 0) is 14.3 Å². The molecule has 174 valence electrons. The number of likely N-dealkylation sites (tertiary alicyclic amines) is 1. The van der Waals surface area contributed by atoms with Crippen LogP contribution in [0.5, 0.6) is 0 Å². The topological polar surface area (TPSA) is 65.1 Å². The van der Waals surface area contributed by atoms with Crippen molar-refractivity contribution in [2.75, 3.05) is 58.9 Å². The first-order valence-corrected chi connectivity index (χ1v) is 12.1. The minimum Gasteiger partial charge on any atom is -0.370 e. The van der Waals surface area contributed by atoms with Crippen molar-refractivity contribution in [3.05, 3.63) is 0 Å². The summed E-state index contributed by atoms with van der Waals surface area (Å²) in [6.07, 6.45) is 3.59. The molecule has 3 saturated heterocycles. The molecule has 1 atom stereocenters. The number of nitrogens with one attached hydrogen (secondary N) is 1. The number of ether oxygens (including phenoxy) is 1. The Bertz CT molecular complexity index is 531. The molecule has 7 nitrogen and oxygen atoms in total. The van der Waals surface area contributed by atoms with Crippen molar-refractivity contribution in [3.8, 4) is 0 Å². The van der Waals surface area contributed by atoms with E-state index in [2.05, 4.69) is 22.0 Å². The summed E-state index contributed by atoms with van der Waals surface area (Å²) >= 11 is 0. The molecule has 3 aliphatic heterocycles. The molecule has 0 aromatic carbocycles. The predicted molar refractivity (Wildman–Crippen MR) is 120 cm³/mol. The lowest BCUT2D eigenvalue weighted by atomic mass is 9.80. The Morgan fingerprint density at radius 1 is 1.03 bits per heavy atom. The first kappa shape index (κ1) is 25.1. The molecule has 1 spiro atoms. The molecule has 3 heterocycles. The molecule has 0 aromatic heterocycles. The van der Waals surface area contributed by atoms with Gasteiger partial charge in [-0.05, 0) is 19.4 Å². The Morgan fingerprint density at radius 2 is 1.60 bits per heavy atom. The van der Waals surface area contributed by atoms with E-state index in [1.807, 2.05) is 32.6 Å². The first-order valence-electron chi connectivity index (χ1n) is 12.1. The average Bonchev–Trinajstić information content (AvgIpc) is 2.76. The molecule has 3 rings (SSSR count). The van der Waals surface area contributed by atoms with Crippen LogP contribution < -0.4 is 5.32 Å². The number of likely N-dealkylation sites (N-methyl/N-ethyl adjacent to an activating group) is 1. The number of hydrogen-bond donors (Lipinski definition) is 1. The van der Waals surface area contributed by atoms with Crippen molar-refractivity contribution in [1.82, 2.24) is 20.0 Å². The largest absolute Gasteiger partial charge is 0.370 e. The van der Waals surface area contributed by atoms with E-state index in [9.17, 15) is 9.59 Å². The Morgan fingerprint density at radius 3 is 2.13 bits per heavy atom.